The average Bonchev–Trinajstić information content (AvgIpc) is 3.53. The summed E-state index contributed by atoms with van der Waals surface area (Å²) in [6, 6.07) is 7.01. The molecule has 2 aromatic rings. The molecule has 1 aromatic carbocycles. The number of benzene rings is 1. The van der Waals surface area contributed by atoms with E-state index < -0.39 is 0 Å². The highest BCUT2D eigenvalue weighted by Gasteiger charge is 2.58. The van der Waals surface area contributed by atoms with Crippen LogP contribution in [0.2, 0.25) is 0 Å². The van der Waals surface area contributed by atoms with Crippen LogP contribution < -0.4 is 11.3 Å². The second kappa shape index (κ2) is 7.94. The molecular formula is C25H34N6O. The fourth-order valence-corrected chi connectivity index (χ4v) is 6.29. The van der Waals surface area contributed by atoms with Crippen molar-refractivity contribution in [3.8, 4) is 0 Å². The van der Waals surface area contributed by atoms with Crippen molar-refractivity contribution in [1.29, 1.82) is 0 Å². The van der Waals surface area contributed by atoms with Gasteiger partial charge in [0, 0.05) is 47.7 Å². The molecule has 2 saturated heterocycles. The van der Waals surface area contributed by atoms with Gasteiger partial charge in [-0.2, -0.15) is 10.2 Å². The Labute approximate surface area is 189 Å². The molecule has 32 heavy (non-hydrogen) atoms. The summed E-state index contributed by atoms with van der Waals surface area (Å²) in [5, 5.41) is 9.08. The number of carbonyl (C=O) groups excluding carboxylic acids is 1. The van der Waals surface area contributed by atoms with Gasteiger partial charge in [0.2, 0.25) is 5.91 Å². The lowest BCUT2D eigenvalue weighted by Crippen LogP contribution is -2.67. The lowest BCUT2D eigenvalue weighted by Gasteiger charge is -2.60. The van der Waals surface area contributed by atoms with Crippen LogP contribution >= 0.6 is 0 Å². The van der Waals surface area contributed by atoms with E-state index in [-0.39, 0.29) is 29.3 Å². The van der Waals surface area contributed by atoms with Gasteiger partial charge in [0.15, 0.2) is 0 Å². The van der Waals surface area contributed by atoms with Crippen molar-refractivity contribution >= 4 is 29.4 Å². The van der Waals surface area contributed by atoms with E-state index in [2.05, 4.69) is 70.5 Å². The van der Waals surface area contributed by atoms with Crippen LogP contribution in [0.15, 0.2) is 34.6 Å². The van der Waals surface area contributed by atoms with Crippen LogP contribution in [-0.4, -0.2) is 40.4 Å². The van der Waals surface area contributed by atoms with Gasteiger partial charge in [0.1, 0.15) is 5.84 Å². The molecule has 3 heterocycles. The third-order valence-electron chi connectivity index (χ3n) is 8.04. The van der Waals surface area contributed by atoms with Crippen molar-refractivity contribution in [3.05, 3.63) is 35.5 Å². The fraction of sp³-hybridized carbons (Fsp3) is 0.560. The first kappa shape index (κ1) is 21.0. The number of hydrazone groups is 2. The zero-order valence-electron chi connectivity index (χ0n) is 19.1. The molecule has 2 atom stereocenters. The predicted octanol–water partition coefficient (Wildman–Crippen LogP) is 4.18. The van der Waals surface area contributed by atoms with Crippen LogP contribution in [0.4, 0.5) is 0 Å². The van der Waals surface area contributed by atoms with Crippen molar-refractivity contribution in [1.82, 2.24) is 15.3 Å². The lowest BCUT2D eigenvalue weighted by molar-refractivity contribution is -0.151. The summed E-state index contributed by atoms with van der Waals surface area (Å²) in [7, 11) is 0. The zero-order chi connectivity index (χ0) is 22.5. The molecule has 2 unspecified atom stereocenters. The Kier molecular flexibility index (Phi) is 5.22. The monoisotopic (exact) mass is 434 g/mol. The van der Waals surface area contributed by atoms with E-state index in [4.69, 9.17) is 5.84 Å². The average molecular weight is 435 g/mol. The van der Waals surface area contributed by atoms with Crippen LogP contribution in [-0.2, 0) is 4.79 Å². The Bertz CT molecular complexity index is 1060. The van der Waals surface area contributed by atoms with Gasteiger partial charge in [-0.15, -0.1) is 0 Å². The van der Waals surface area contributed by atoms with E-state index in [9.17, 15) is 4.79 Å². The smallest absolute Gasteiger partial charge is 0.223 e. The molecule has 7 nitrogen and oxygen atoms in total. The standard InChI is InChI=1S/C25H34N6O/c1-4-17-11-25(24(29-26)30-27-3)12-18(13-25)31(17)22(32)10-15(2)20-14-28-21-7-5-6-19(23(20)21)16-8-9-16/h5-7,14-18,28H,3-4,8-13,26H2,1-2H3,(H,29,30). The Balaban J connectivity index is 1.34. The van der Waals surface area contributed by atoms with Crippen molar-refractivity contribution in [2.75, 3.05) is 0 Å². The van der Waals surface area contributed by atoms with Gasteiger partial charge >= 0.3 is 0 Å². The number of aromatic amines is 1. The van der Waals surface area contributed by atoms with E-state index in [0.717, 1.165) is 25.7 Å². The van der Waals surface area contributed by atoms with Gasteiger partial charge in [-0.3, -0.25) is 10.2 Å². The Hall–Kier alpha value is -2.83. The molecule has 0 spiro atoms. The number of hydrogen-bond donors (Lipinski definition) is 3. The highest BCUT2D eigenvalue weighted by atomic mass is 16.2. The molecule has 1 aromatic heterocycles. The van der Waals surface area contributed by atoms with Crippen LogP contribution in [0.3, 0.4) is 0 Å². The van der Waals surface area contributed by atoms with Gasteiger partial charge in [-0.25, -0.2) is 0 Å². The number of H-pyrrole nitrogens is 1. The minimum atomic E-state index is -0.0975. The van der Waals surface area contributed by atoms with Crippen molar-refractivity contribution in [2.24, 2.45) is 21.5 Å². The normalized spacial score (nSPS) is 28.3. The fourth-order valence-electron chi connectivity index (χ4n) is 6.29. The molecule has 2 saturated carbocycles. The third kappa shape index (κ3) is 3.29. The van der Waals surface area contributed by atoms with Gasteiger partial charge < -0.3 is 15.7 Å². The highest BCUT2D eigenvalue weighted by molar-refractivity contribution is 5.91. The summed E-state index contributed by atoms with van der Waals surface area (Å²) in [5.41, 5.74) is 6.71. The first-order valence-electron chi connectivity index (χ1n) is 11.9. The molecule has 4 N–H and O–H groups in total. The number of nitrogens with zero attached hydrogens (tertiary/aromatic N) is 3. The Morgan fingerprint density at radius 3 is 2.81 bits per heavy atom. The summed E-state index contributed by atoms with van der Waals surface area (Å²) in [4.78, 5) is 19.2. The molecule has 2 aliphatic heterocycles. The zero-order valence-corrected chi connectivity index (χ0v) is 19.1. The third-order valence-corrected chi connectivity index (χ3v) is 8.04. The molecule has 170 valence electrons. The lowest BCUT2D eigenvalue weighted by atomic mass is 9.57. The number of hydrogen-bond acceptors (Lipinski definition) is 4. The highest BCUT2D eigenvalue weighted by Crippen LogP contribution is 2.54. The molecule has 6 rings (SSSR count). The van der Waals surface area contributed by atoms with Crippen LogP contribution in [0.1, 0.15) is 81.8 Å². The minimum Gasteiger partial charge on any atom is -0.361 e. The predicted molar refractivity (Wildman–Crippen MR) is 129 cm³/mol. The maximum absolute atomic E-state index is 13.6. The van der Waals surface area contributed by atoms with Crippen molar-refractivity contribution in [3.63, 3.8) is 0 Å². The molecule has 2 aliphatic carbocycles. The summed E-state index contributed by atoms with van der Waals surface area (Å²) in [6.45, 7) is 7.86. The van der Waals surface area contributed by atoms with Gasteiger partial charge in [-0.05, 0) is 67.6 Å². The van der Waals surface area contributed by atoms with Crippen molar-refractivity contribution in [2.45, 2.75) is 82.7 Å². The molecule has 7 heteroatoms. The van der Waals surface area contributed by atoms with E-state index >= 15 is 0 Å². The number of amidine groups is 1. The maximum Gasteiger partial charge on any atom is 0.223 e. The number of aromatic nitrogens is 1. The second-order valence-electron chi connectivity index (χ2n) is 10.1. The topological polar surface area (TPSA) is 98.9 Å². The van der Waals surface area contributed by atoms with E-state index in [1.165, 1.54) is 34.9 Å². The van der Waals surface area contributed by atoms with E-state index in [1.54, 1.807) is 0 Å². The van der Waals surface area contributed by atoms with Gasteiger partial charge in [0.25, 0.3) is 0 Å². The summed E-state index contributed by atoms with van der Waals surface area (Å²) < 4.78 is 0. The Morgan fingerprint density at radius 1 is 1.38 bits per heavy atom. The van der Waals surface area contributed by atoms with E-state index in [1.807, 2.05) is 0 Å². The Morgan fingerprint density at radius 2 is 2.16 bits per heavy atom. The van der Waals surface area contributed by atoms with Crippen LogP contribution in [0, 0.1) is 5.41 Å². The summed E-state index contributed by atoms with van der Waals surface area (Å²) >= 11 is 0. The van der Waals surface area contributed by atoms with Gasteiger partial charge in [-0.1, -0.05) is 26.0 Å². The first-order valence-corrected chi connectivity index (χ1v) is 11.9. The summed E-state index contributed by atoms with van der Waals surface area (Å²) in [5.74, 6) is 7.46. The number of amides is 1. The first-order chi connectivity index (χ1) is 15.5. The number of carbonyl (C=O) groups is 1. The second-order valence-corrected chi connectivity index (χ2v) is 10.1. The quantitative estimate of drug-likeness (QED) is 0.264. The number of fused-ring (bicyclic) bond motifs is 3. The van der Waals surface area contributed by atoms with Gasteiger partial charge in [0.05, 0.1) is 0 Å². The molecular weight excluding hydrogens is 400 g/mol. The van der Waals surface area contributed by atoms with E-state index in [0.29, 0.717) is 18.2 Å². The molecule has 2 bridgehead atoms. The molecule has 1 amide bonds. The van der Waals surface area contributed by atoms with Crippen molar-refractivity contribution < 1.29 is 4.79 Å². The number of rotatable bonds is 7. The van der Waals surface area contributed by atoms with Crippen LogP contribution in [0.5, 0.6) is 0 Å². The molecule has 4 fully saturated rings. The molecule has 4 aliphatic rings. The number of piperidine rings is 2. The SMILES string of the molecule is C=NN/C(=N\N)C12CC(CC)N(C(=O)CC(C)c3c[nH]c4cccc(C5CC5)c34)C(C1)C2. The minimum absolute atomic E-state index is 0.0975. The maximum atomic E-state index is 13.6. The number of nitrogens with one attached hydrogen (secondary N) is 2. The van der Waals surface area contributed by atoms with Crippen LogP contribution in [0.25, 0.3) is 10.9 Å². The summed E-state index contributed by atoms with van der Waals surface area (Å²) in [6.07, 6.45) is 8.79. The largest absolute Gasteiger partial charge is 0.361 e. The number of nitrogens with two attached hydrogens (primary N) is 1. The molecule has 0 radical (unpaired) electrons.